The summed E-state index contributed by atoms with van der Waals surface area (Å²) in [6.07, 6.45) is 0. The van der Waals surface area contributed by atoms with Crippen molar-refractivity contribution in [2.45, 2.75) is 4.90 Å². The van der Waals surface area contributed by atoms with Crippen LogP contribution in [0.1, 0.15) is 4.88 Å². The van der Waals surface area contributed by atoms with Gasteiger partial charge in [-0.05, 0) is 22.5 Å². The molecule has 1 aromatic heterocycles. The van der Waals surface area contributed by atoms with Crippen LogP contribution in [0.4, 0.5) is 0 Å². The van der Waals surface area contributed by atoms with Crippen LogP contribution in [0.5, 0.6) is 0 Å². The Morgan fingerprint density at radius 1 is 1.73 bits per heavy atom. The molecule has 0 N–H and O–H groups in total. The summed E-state index contributed by atoms with van der Waals surface area (Å²) in [6, 6.07) is 3.19. The van der Waals surface area contributed by atoms with Gasteiger partial charge in [-0.1, -0.05) is 0 Å². The third-order valence-corrected chi connectivity index (χ3v) is 2.56. The van der Waals surface area contributed by atoms with E-state index in [-0.39, 0.29) is 39.3 Å². The molecule has 0 aliphatic carbocycles. The van der Waals surface area contributed by atoms with Crippen molar-refractivity contribution in [2.24, 2.45) is 0 Å². The molecule has 1 unspecified atom stereocenters. The van der Waals surface area contributed by atoms with Crippen LogP contribution in [0.15, 0.2) is 16.3 Å². The number of hydrogen-bond donors (Lipinski definition) is 0. The van der Waals surface area contributed by atoms with Gasteiger partial charge in [0.05, 0.1) is 4.90 Å². The zero-order valence-corrected chi connectivity index (χ0v) is 9.37. The van der Waals surface area contributed by atoms with Crippen molar-refractivity contribution in [3.63, 3.8) is 0 Å². The number of rotatable bonds is 1. The molecule has 0 spiro atoms. The average Bonchev–Trinajstić information content (AvgIpc) is 2.33. The van der Waals surface area contributed by atoms with E-state index < -0.39 is 11.1 Å². The van der Waals surface area contributed by atoms with Gasteiger partial charge in [0.15, 0.2) is 0 Å². The van der Waals surface area contributed by atoms with Crippen molar-refractivity contribution >= 4 is 22.4 Å². The Balaban J connectivity index is 0.000001000. The van der Waals surface area contributed by atoms with Crippen LogP contribution in [-0.4, -0.2) is 8.76 Å². The van der Waals surface area contributed by atoms with Crippen molar-refractivity contribution in [1.82, 2.24) is 0 Å². The van der Waals surface area contributed by atoms with Crippen LogP contribution in [0.25, 0.3) is 0 Å². The molecule has 1 atom stereocenters. The standard InChI is InChI=1S/C5H3NO2S2.Na/c6-3-4-5(10(7)8)1-2-9-4;/h1-2H,(H,7,8);/q;+1/p-1. The third kappa shape index (κ3) is 2.67. The molecule has 0 radical (unpaired) electrons. The van der Waals surface area contributed by atoms with Gasteiger partial charge in [0, 0.05) is 0 Å². The van der Waals surface area contributed by atoms with Gasteiger partial charge in [-0.25, -0.2) is 0 Å². The van der Waals surface area contributed by atoms with E-state index in [1.807, 2.05) is 0 Å². The fourth-order valence-electron chi connectivity index (χ4n) is 0.510. The first-order valence-corrected chi connectivity index (χ1v) is 4.28. The van der Waals surface area contributed by atoms with Gasteiger partial charge in [-0.2, -0.15) is 5.26 Å². The van der Waals surface area contributed by atoms with Gasteiger partial charge >= 0.3 is 29.6 Å². The van der Waals surface area contributed by atoms with Gasteiger partial charge in [-0.3, -0.25) is 4.21 Å². The molecule has 11 heavy (non-hydrogen) atoms. The molecule has 1 aromatic rings. The number of hydrogen-bond acceptors (Lipinski definition) is 4. The van der Waals surface area contributed by atoms with Crippen LogP contribution >= 0.6 is 11.3 Å². The van der Waals surface area contributed by atoms with Crippen molar-refractivity contribution in [3.05, 3.63) is 16.3 Å². The Kier molecular flexibility index (Phi) is 5.17. The Morgan fingerprint density at radius 3 is 2.73 bits per heavy atom. The Morgan fingerprint density at radius 2 is 2.36 bits per heavy atom. The summed E-state index contributed by atoms with van der Waals surface area (Å²) in [5.41, 5.74) is 0. The normalized spacial score (nSPS) is 11.3. The van der Waals surface area contributed by atoms with Crippen molar-refractivity contribution in [1.29, 1.82) is 5.26 Å². The molecule has 0 aromatic carbocycles. The summed E-state index contributed by atoms with van der Waals surface area (Å²) in [7, 11) is 0. The predicted octanol–water partition coefficient (Wildman–Crippen LogP) is -2.14. The largest absolute Gasteiger partial charge is 1.00 e. The smallest absolute Gasteiger partial charge is 0.768 e. The Labute approximate surface area is 92.6 Å². The maximum atomic E-state index is 10.3. The van der Waals surface area contributed by atoms with Crippen LogP contribution in [0.2, 0.25) is 0 Å². The van der Waals surface area contributed by atoms with Crippen molar-refractivity contribution in [2.75, 3.05) is 0 Å². The first kappa shape index (κ1) is 11.3. The van der Waals surface area contributed by atoms with Crippen molar-refractivity contribution in [3.8, 4) is 6.07 Å². The SMILES string of the molecule is N#Cc1sccc1S(=O)[O-].[Na+]. The first-order valence-electron chi connectivity index (χ1n) is 2.32. The van der Waals surface area contributed by atoms with Crippen LogP contribution < -0.4 is 29.6 Å². The molecule has 0 amide bonds. The van der Waals surface area contributed by atoms with E-state index in [2.05, 4.69) is 0 Å². The van der Waals surface area contributed by atoms with Gasteiger partial charge in [-0.15, -0.1) is 11.3 Å². The van der Waals surface area contributed by atoms with E-state index >= 15 is 0 Å². The summed E-state index contributed by atoms with van der Waals surface area (Å²) in [5, 5.41) is 9.92. The molecule has 0 aliphatic rings. The monoisotopic (exact) mass is 195 g/mol. The van der Waals surface area contributed by atoms with Crippen molar-refractivity contribution < 1.29 is 38.3 Å². The zero-order valence-electron chi connectivity index (χ0n) is 5.73. The molecule has 0 fully saturated rings. The van der Waals surface area contributed by atoms with Crippen LogP contribution in [0.3, 0.4) is 0 Å². The van der Waals surface area contributed by atoms with Crippen LogP contribution in [0, 0.1) is 11.3 Å². The van der Waals surface area contributed by atoms with E-state index in [1.54, 1.807) is 11.4 Å². The average molecular weight is 195 g/mol. The van der Waals surface area contributed by atoms with E-state index in [4.69, 9.17) is 5.26 Å². The predicted molar refractivity (Wildman–Crippen MR) is 36.2 cm³/mol. The quantitative estimate of drug-likeness (QED) is 0.379. The van der Waals surface area contributed by atoms with Gasteiger partial charge < -0.3 is 4.55 Å². The number of nitrogens with zero attached hydrogens (tertiary/aromatic N) is 1. The molecule has 3 nitrogen and oxygen atoms in total. The molecule has 1 rings (SSSR count). The minimum Gasteiger partial charge on any atom is -0.768 e. The number of thiophene rings is 1. The molecule has 0 aliphatic heterocycles. The second kappa shape index (κ2) is 5.04. The third-order valence-electron chi connectivity index (χ3n) is 0.910. The molecule has 0 saturated carbocycles. The molecular formula is C5H2NNaO2S2. The van der Waals surface area contributed by atoms with Gasteiger partial charge in [0.1, 0.15) is 10.9 Å². The molecule has 6 heteroatoms. The first-order chi connectivity index (χ1) is 4.75. The summed E-state index contributed by atoms with van der Waals surface area (Å²) < 4.78 is 20.6. The molecular weight excluding hydrogens is 193 g/mol. The van der Waals surface area contributed by atoms with E-state index in [1.165, 1.54) is 6.07 Å². The molecule has 1 heterocycles. The summed E-state index contributed by atoms with van der Waals surface area (Å²) in [6.45, 7) is 0. The maximum absolute atomic E-state index is 10.3. The molecule has 52 valence electrons. The Bertz CT molecular complexity index is 304. The van der Waals surface area contributed by atoms with Gasteiger partial charge in [0.25, 0.3) is 0 Å². The fraction of sp³-hybridized carbons (Fsp3) is 0. The summed E-state index contributed by atoms with van der Waals surface area (Å²) in [4.78, 5) is 0.334. The maximum Gasteiger partial charge on any atom is 1.00 e. The summed E-state index contributed by atoms with van der Waals surface area (Å²) >= 11 is -1.15. The second-order valence-corrected chi connectivity index (χ2v) is 3.29. The minimum absolute atomic E-state index is 0. The van der Waals surface area contributed by atoms with E-state index in [0.29, 0.717) is 0 Å². The van der Waals surface area contributed by atoms with Gasteiger partial charge in [0.2, 0.25) is 0 Å². The molecule has 0 saturated heterocycles. The zero-order chi connectivity index (χ0) is 7.56. The topological polar surface area (TPSA) is 63.9 Å². The van der Waals surface area contributed by atoms with E-state index in [9.17, 15) is 8.76 Å². The second-order valence-electron chi connectivity index (χ2n) is 1.46. The molecule has 0 bridgehead atoms. The Hall–Kier alpha value is 0.300. The van der Waals surface area contributed by atoms with E-state index in [0.717, 1.165) is 11.3 Å². The summed E-state index contributed by atoms with van der Waals surface area (Å²) in [5.74, 6) is 0. The van der Waals surface area contributed by atoms with Crippen LogP contribution in [-0.2, 0) is 11.1 Å². The number of nitriles is 1. The minimum atomic E-state index is -2.27. The fourth-order valence-corrected chi connectivity index (χ4v) is 1.90.